The lowest BCUT2D eigenvalue weighted by atomic mass is 9.87. The number of hydrogen-bond acceptors (Lipinski definition) is 8. The molecule has 1 aliphatic carbocycles. The minimum atomic E-state index is -3.47. The second-order valence-corrected chi connectivity index (χ2v) is 10.3. The summed E-state index contributed by atoms with van der Waals surface area (Å²) in [5, 5.41) is 0. The van der Waals surface area contributed by atoms with Crippen molar-refractivity contribution in [3.63, 3.8) is 0 Å². The van der Waals surface area contributed by atoms with Crippen molar-refractivity contribution in [3.05, 3.63) is 18.2 Å². The molecule has 0 amide bonds. The molecule has 1 spiro atoms. The molecule has 29 heavy (non-hydrogen) atoms. The molecule has 0 bridgehead atoms. The van der Waals surface area contributed by atoms with E-state index in [1.165, 1.54) is 12.7 Å². The lowest BCUT2D eigenvalue weighted by Crippen LogP contribution is -2.58. The van der Waals surface area contributed by atoms with Gasteiger partial charge in [-0.3, -0.25) is 4.90 Å². The number of rotatable bonds is 3. The lowest BCUT2D eigenvalue weighted by Gasteiger charge is -2.46. The van der Waals surface area contributed by atoms with E-state index in [1.807, 2.05) is 17.0 Å². The van der Waals surface area contributed by atoms with Crippen LogP contribution in [0.3, 0.4) is 0 Å². The van der Waals surface area contributed by atoms with E-state index in [2.05, 4.69) is 9.89 Å². The minimum absolute atomic E-state index is 0.161. The van der Waals surface area contributed by atoms with Crippen LogP contribution in [0.25, 0.3) is 0 Å². The maximum Gasteiger partial charge on any atom is 0.220 e. The van der Waals surface area contributed by atoms with Crippen molar-refractivity contribution in [2.45, 2.75) is 61.9 Å². The van der Waals surface area contributed by atoms with Gasteiger partial charge in [0.05, 0.1) is 10.6 Å². The van der Waals surface area contributed by atoms with Crippen LogP contribution in [0.1, 0.15) is 51.4 Å². The van der Waals surface area contributed by atoms with Gasteiger partial charge >= 0.3 is 0 Å². The summed E-state index contributed by atoms with van der Waals surface area (Å²) in [6, 6.07) is 5.53. The highest BCUT2D eigenvalue weighted by Gasteiger charge is 2.44. The molecule has 4 rings (SSSR count). The van der Waals surface area contributed by atoms with E-state index in [0.717, 1.165) is 63.7 Å². The molecule has 2 aliphatic heterocycles. The Morgan fingerprint density at radius 2 is 1.66 bits per heavy atom. The van der Waals surface area contributed by atoms with E-state index in [-0.39, 0.29) is 16.8 Å². The molecule has 1 saturated carbocycles. The van der Waals surface area contributed by atoms with Gasteiger partial charge in [0, 0.05) is 25.0 Å². The number of anilines is 2. The fourth-order valence-corrected chi connectivity index (χ4v) is 5.66. The van der Waals surface area contributed by atoms with Gasteiger partial charge in [0.15, 0.2) is 9.84 Å². The Labute approximate surface area is 172 Å². The van der Waals surface area contributed by atoms with Gasteiger partial charge in [-0.15, -0.1) is 0 Å². The molecule has 2 heterocycles. The molecule has 1 aromatic carbocycles. The molecule has 4 N–H and O–H groups in total. The van der Waals surface area contributed by atoms with E-state index in [9.17, 15) is 8.42 Å². The van der Waals surface area contributed by atoms with E-state index in [4.69, 9.17) is 16.5 Å². The molecule has 3 aliphatic rings. The summed E-state index contributed by atoms with van der Waals surface area (Å²) in [7, 11) is -3.47. The maximum absolute atomic E-state index is 12.6. The highest BCUT2D eigenvalue weighted by atomic mass is 32.2. The Morgan fingerprint density at radius 1 is 1.00 bits per heavy atom. The van der Waals surface area contributed by atoms with Crippen molar-refractivity contribution in [3.8, 4) is 0 Å². The molecule has 1 saturated heterocycles. The van der Waals surface area contributed by atoms with Crippen LogP contribution in [0.4, 0.5) is 11.4 Å². The number of nitrogens with zero attached hydrogens (tertiary/aromatic N) is 4. The van der Waals surface area contributed by atoms with E-state index in [0.29, 0.717) is 5.69 Å². The predicted molar refractivity (Wildman–Crippen MR) is 117 cm³/mol. The summed E-state index contributed by atoms with van der Waals surface area (Å²) >= 11 is 0. The van der Waals surface area contributed by atoms with Crippen molar-refractivity contribution in [2.75, 3.05) is 29.1 Å². The molecule has 2 fully saturated rings. The van der Waals surface area contributed by atoms with Crippen molar-refractivity contribution in [1.29, 1.82) is 0 Å². The topological polar surface area (TPSA) is 117 Å². The number of guanidine groups is 2. The van der Waals surface area contributed by atoms with Crippen LogP contribution in [0.2, 0.25) is 0 Å². The molecular formula is C20H30N6O2S. The molecule has 1 aromatic rings. The normalized spacial score (nSPS) is 22.4. The molecule has 0 atom stereocenters. The first kappa shape index (κ1) is 20.0. The second kappa shape index (κ2) is 7.51. The van der Waals surface area contributed by atoms with Gasteiger partial charge in [-0.05, 0) is 63.1 Å². The molecule has 158 valence electrons. The van der Waals surface area contributed by atoms with Crippen molar-refractivity contribution in [2.24, 2.45) is 21.5 Å². The Hall–Kier alpha value is -2.29. The standard InChI is InChI=1S/C20H30N6O2S/c1-29(27,28)17-9-8-15(25-12-6-3-7-13-25)14-16(17)26-19(22)23-18(21)24-20(26)10-4-2-5-11-20/h8-9,14H,2-7,10-13H2,1H3,(H4,21,22,23,24). The lowest BCUT2D eigenvalue weighted by molar-refractivity contribution is 0.305. The zero-order valence-corrected chi connectivity index (χ0v) is 17.8. The van der Waals surface area contributed by atoms with Crippen LogP contribution in [0.5, 0.6) is 0 Å². The number of hydrogen-bond donors (Lipinski definition) is 2. The number of nitrogens with two attached hydrogens (primary N) is 2. The summed E-state index contributed by atoms with van der Waals surface area (Å²) in [5.74, 6) is 0.369. The van der Waals surface area contributed by atoms with Crippen LogP contribution in [0, 0.1) is 0 Å². The number of piperidine rings is 1. The van der Waals surface area contributed by atoms with Crippen LogP contribution in [-0.4, -0.2) is 45.3 Å². The smallest absolute Gasteiger partial charge is 0.220 e. The Bertz CT molecular complexity index is 944. The van der Waals surface area contributed by atoms with Gasteiger partial charge in [0.25, 0.3) is 0 Å². The van der Waals surface area contributed by atoms with Crippen molar-refractivity contribution >= 4 is 33.1 Å². The summed E-state index contributed by atoms with van der Waals surface area (Å²) < 4.78 is 25.3. The van der Waals surface area contributed by atoms with E-state index >= 15 is 0 Å². The summed E-state index contributed by atoms with van der Waals surface area (Å²) in [6.07, 6.45) is 9.36. The minimum Gasteiger partial charge on any atom is -0.371 e. The maximum atomic E-state index is 12.6. The van der Waals surface area contributed by atoms with Gasteiger partial charge in [-0.1, -0.05) is 6.42 Å². The molecular weight excluding hydrogens is 388 g/mol. The Morgan fingerprint density at radius 3 is 2.31 bits per heavy atom. The average molecular weight is 419 g/mol. The summed E-state index contributed by atoms with van der Waals surface area (Å²) in [4.78, 5) is 13.3. The van der Waals surface area contributed by atoms with E-state index in [1.54, 1.807) is 6.07 Å². The third-order valence-corrected chi connectivity index (χ3v) is 7.30. The highest BCUT2D eigenvalue weighted by Crippen LogP contribution is 2.42. The zero-order chi connectivity index (χ0) is 20.6. The number of benzene rings is 1. The fraction of sp³-hybridized carbons (Fsp3) is 0.600. The van der Waals surface area contributed by atoms with Crippen LogP contribution >= 0.6 is 0 Å². The first-order chi connectivity index (χ1) is 13.8. The van der Waals surface area contributed by atoms with Gasteiger partial charge in [0.2, 0.25) is 11.9 Å². The molecule has 9 heteroatoms. The monoisotopic (exact) mass is 418 g/mol. The van der Waals surface area contributed by atoms with Crippen molar-refractivity contribution in [1.82, 2.24) is 0 Å². The first-order valence-electron chi connectivity index (χ1n) is 10.4. The fourth-order valence-electron chi connectivity index (χ4n) is 4.81. The SMILES string of the molecule is CS(=O)(=O)c1ccc(N2CCCCC2)cc1N1C(N)=NC(N)=NC12CCCCC2. The largest absolute Gasteiger partial charge is 0.371 e. The van der Waals surface area contributed by atoms with Crippen molar-refractivity contribution < 1.29 is 8.42 Å². The summed E-state index contributed by atoms with van der Waals surface area (Å²) in [6.45, 7) is 1.94. The van der Waals surface area contributed by atoms with Gasteiger partial charge in [0.1, 0.15) is 5.66 Å². The Balaban J connectivity index is 1.87. The molecule has 0 aromatic heterocycles. The zero-order valence-electron chi connectivity index (χ0n) is 17.0. The van der Waals surface area contributed by atoms with Gasteiger partial charge in [-0.2, -0.15) is 4.99 Å². The third-order valence-electron chi connectivity index (χ3n) is 6.16. The molecule has 0 unspecified atom stereocenters. The summed E-state index contributed by atoms with van der Waals surface area (Å²) in [5.41, 5.74) is 13.2. The Kier molecular flexibility index (Phi) is 5.18. The quantitative estimate of drug-likeness (QED) is 0.777. The van der Waals surface area contributed by atoms with Crippen LogP contribution < -0.4 is 21.3 Å². The van der Waals surface area contributed by atoms with Crippen LogP contribution in [0.15, 0.2) is 33.1 Å². The molecule has 0 radical (unpaired) electrons. The average Bonchev–Trinajstić information content (AvgIpc) is 2.67. The predicted octanol–water partition coefficient (Wildman–Crippen LogP) is 2.19. The van der Waals surface area contributed by atoms with Gasteiger partial charge in [-0.25, -0.2) is 13.4 Å². The third kappa shape index (κ3) is 3.80. The van der Waals surface area contributed by atoms with E-state index < -0.39 is 15.5 Å². The molecule has 8 nitrogen and oxygen atoms in total. The highest BCUT2D eigenvalue weighted by molar-refractivity contribution is 7.90. The van der Waals surface area contributed by atoms with Gasteiger partial charge < -0.3 is 16.4 Å². The first-order valence-corrected chi connectivity index (χ1v) is 12.3. The van der Waals surface area contributed by atoms with Crippen LogP contribution in [-0.2, 0) is 9.84 Å². The second-order valence-electron chi connectivity index (χ2n) is 8.29. The number of aliphatic imine (C=N–C) groups is 2. The number of sulfone groups is 1.